The molecule has 5 aliphatic rings. The van der Waals surface area contributed by atoms with Crippen molar-refractivity contribution >= 4 is 29.5 Å². The molecule has 1 N–H and O–H groups in total. The lowest BCUT2D eigenvalue weighted by molar-refractivity contribution is -0.144. The maximum atomic E-state index is 14.3. The van der Waals surface area contributed by atoms with Gasteiger partial charge in [0.15, 0.2) is 0 Å². The number of fused-ring (bicyclic) bond motifs is 2. The lowest BCUT2D eigenvalue weighted by Gasteiger charge is -2.36. The van der Waals surface area contributed by atoms with Gasteiger partial charge < -0.3 is 24.5 Å². The minimum Gasteiger partial charge on any atom is -0.396 e. The third kappa shape index (κ3) is 5.05. The number of nitrogens with zero attached hydrogens (tertiary/aromatic N) is 4. The highest BCUT2D eigenvalue weighted by atomic mass is 32.2. The second-order valence-electron chi connectivity index (χ2n) is 11.0. The van der Waals surface area contributed by atoms with Gasteiger partial charge in [-0.2, -0.15) is 0 Å². The molecule has 0 aromatic rings. The van der Waals surface area contributed by atoms with E-state index >= 15 is 0 Å². The number of amides is 3. The minimum atomic E-state index is -0.747. The number of hydrogen-bond acceptors (Lipinski definition) is 7. The normalized spacial score (nSPS) is 33.4. The van der Waals surface area contributed by atoms with Crippen LogP contribution in [0.2, 0.25) is 0 Å². The lowest BCUT2D eigenvalue weighted by atomic mass is 9.78. The second-order valence-corrected chi connectivity index (χ2v) is 12.5. The number of aliphatic hydroxyl groups is 1. The summed E-state index contributed by atoms with van der Waals surface area (Å²) in [6.45, 7) is 8.96. The summed E-state index contributed by atoms with van der Waals surface area (Å²) in [7, 11) is 0. The molecule has 9 nitrogen and oxygen atoms in total. The maximum Gasteiger partial charge on any atom is 0.247 e. The first kappa shape index (κ1) is 27.7. The van der Waals surface area contributed by atoms with Gasteiger partial charge in [0, 0.05) is 64.2 Å². The highest BCUT2D eigenvalue weighted by molar-refractivity contribution is 8.02. The number of rotatable bonds is 10. The molecule has 38 heavy (non-hydrogen) atoms. The Kier molecular flexibility index (Phi) is 8.82. The SMILES string of the molecule is CCCN1CC=C[C@H]2S[C@]34C=CCN(CCN5CCOCC5)C(=O)C3N(CCCCCO)C(=O)[C@@H]4[C@H]2C1=O. The molecular weight excluding hydrogens is 504 g/mol. The third-order valence-electron chi connectivity index (χ3n) is 8.67. The Bertz CT molecular complexity index is 954. The standard InChI is InChI=1S/C28H42N4O5S/c1-2-10-30-11-6-8-21-22(25(30)34)23-26(35)32(13-4-3-5-18-33)24-27(36)31(12-7-9-28(23,24)38-21)15-14-29-16-19-37-20-17-29/h6-9,21-24,33H,2-5,10-20H2,1H3/t21-,22+,23+,24?,28+/m1/s1. The quantitative estimate of drug-likeness (QED) is 0.323. The van der Waals surface area contributed by atoms with Crippen molar-refractivity contribution in [3.05, 3.63) is 24.3 Å². The summed E-state index contributed by atoms with van der Waals surface area (Å²) in [4.78, 5) is 50.2. The smallest absolute Gasteiger partial charge is 0.247 e. The topological polar surface area (TPSA) is 93.6 Å². The number of aliphatic hydroxyl groups excluding tert-OH is 1. The first-order valence-corrected chi connectivity index (χ1v) is 15.2. The Morgan fingerprint density at radius 3 is 2.47 bits per heavy atom. The molecule has 5 heterocycles. The van der Waals surface area contributed by atoms with Crippen LogP contribution in [-0.2, 0) is 19.1 Å². The zero-order valence-corrected chi connectivity index (χ0v) is 23.3. The van der Waals surface area contributed by atoms with Crippen LogP contribution in [0.4, 0.5) is 0 Å². The van der Waals surface area contributed by atoms with Crippen LogP contribution in [0.25, 0.3) is 0 Å². The zero-order valence-electron chi connectivity index (χ0n) is 22.5. The highest BCUT2D eigenvalue weighted by Gasteiger charge is 2.70. The molecule has 0 aromatic heterocycles. The Hall–Kier alpha value is -1.88. The van der Waals surface area contributed by atoms with E-state index in [9.17, 15) is 19.5 Å². The van der Waals surface area contributed by atoms with Crippen LogP contribution in [0.1, 0.15) is 32.6 Å². The number of unbranched alkanes of at least 4 members (excludes halogenated alkanes) is 2. The Balaban J connectivity index is 1.44. The van der Waals surface area contributed by atoms with Gasteiger partial charge in [-0.15, -0.1) is 11.8 Å². The second kappa shape index (κ2) is 12.1. The van der Waals surface area contributed by atoms with Gasteiger partial charge in [-0.1, -0.05) is 31.2 Å². The van der Waals surface area contributed by atoms with Gasteiger partial charge in [-0.3, -0.25) is 19.3 Å². The molecule has 1 unspecified atom stereocenters. The summed E-state index contributed by atoms with van der Waals surface area (Å²) in [5, 5.41) is 9.13. The number of morpholine rings is 1. The molecule has 10 heteroatoms. The van der Waals surface area contributed by atoms with E-state index in [-0.39, 0.29) is 29.6 Å². The van der Waals surface area contributed by atoms with Gasteiger partial charge in [0.25, 0.3) is 0 Å². The van der Waals surface area contributed by atoms with Crippen molar-refractivity contribution in [1.29, 1.82) is 0 Å². The van der Waals surface area contributed by atoms with Crippen molar-refractivity contribution in [3.8, 4) is 0 Å². The summed E-state index contributed by atoms with van der Waals surface area (Å²) in [6, 6.07) is -0.615. The molecule has 5 aliphatic heterocycles. The van der Waals surface area contributed by atoms with Gasteiger partial charge in [-0.05, 0) is 25.7 Å². The third-order valence-corrected chi connectivity index (χ3v) is 10.4. The van der Waals surface area contributed by atoms with Crippen LogP contribution < -0.4 is 0 Å². The highest BCUT2D eigenvalue weighted by Crippen LogP contribution is 2.61. The van der Waals surface area contributed by atoms with E-state index < -0.39 is 22.6 Å². The van der Waals surface area contributed by atoms with E-state index in [1.165, 1.54) is 0 Å². The molecular formula is C28H42N4O5S. The van der Waals surface area contributed by atoms with Gasteiger partial charge in [0.1, 0.15) is 6.04 Å². The van der Waals surface area contributed by atoms with E-state index in [1.54, 1.807) is 16.7 Å². The minimum absolute atomic E-state index is 0.00734. The van der Waals surface area contributed by atoms with Gasteiger partial charge in [0.2, 0.25) is 17.7 Å². The van der Waals surface area contributed by atoms with Crippen molar-refractivity contribution in [2.45, 2.75) is 48.6 Å². The van der Waals surface area contributed by atoms with E-state index in [2.05, 4.69) is 36.1 Å². The fourth-order valence-electron chi connectivity index (χ4n) is 6.81. The number of hydrogen-bond donors (Lipinski definition) is 1. The van der Waals surface area contributed by atoms with E-state index in [0.717, 1.165) is 38.9 Å². The number of ether oxygens (including phenoxy) is 1. The van der Waals surface area contributed by atoms with Gasteiger partial charge >= 0.3 is 0 Å². The van der Waals surface area contributed by atoms with Crippen molar-refractivity contribution in [1.82, 2.24) is 19.6 Å². The predicted octanol–water partition coefficient (Wildman–Crippen LogP) is 0.985. The van der Waals surface area contributed by atoms with Crippen molar-refractivity contribution in [2.24, 2.45) is 11.8 Å². The molecule has 5 rings (SSSR count). The lowest BCUT2D eigenvalue weighted by Crippen LogP contribution is -2.54. The van der Waals surface area contributed by atoms with Crippen molar-refractivity contribution in [2.75, 3.05) is 72.2 Å². The zero-order chi connectivity index (χ0) is 26.7. The monoisotopic (exact) mass is 546 g/mol. The molecule has 0 aromatic carbocycles. The van der Waals surface area contributed by atoms with Gasteiger partial charge in [0.05, 0.1) is 29.8 Å². The fraction of sp³-hybridized carbons (Fsp3) is 0.750. The molecule has 1 spiro atoms. The maximum absolute atomic E-state index is 14.3. The summed E-state index contributed by atoms with van der Waals surface area (Å²) >= 11 is 1.65. The first-order valence-electron chi connectivity index (χ1n) is 14.3. The Morgan fingerprint density at radius 2 is 1.71 bits per heavy atom. The predicted molar refractivity (Wildman–Crippen MR) is 147 cm³/mol. The number of thioether (sulfide) groups is 1. The average Bonchev–Trinajstić information content (AvgIpc) is 3.24. The Morgan fingerprint density at radius 1 is 0.947 bits per heavy atom. The molecule has 0 saturated carbocycles. The van der Waals surface area contributed by atoms with Crippen LogP contribution in [-0.4, -0.2) is 131 Å². The fourth-order valence-corrected chi connectivity index (χ4v) is 8.81. The summed E-state index contributed by atoms with van der Waals surface area (Å²) in [5.41, 5.74) is 0. The molecule has 5 atom stereocenters. The van der Waals surface area contributed by atoms with Crippen LogP contribution in [0.3, 0.4) is 0 Å². The van der Waals surface area contributed by atoms with Crippen LogP contribution in [0, 0.1) is 11.8 Å². The number of carbonyl (C=O) groups excluding carboxylic acids is 3. The molecule has 0 aliphatic carbocycles. The largest absolute Gasteiger partial charge is 0.396 e. The molecule has 3 fully saturated rings. The average molecular weight is 547 g/mol. The van der Waals surface area contributed by atoms with Crippen molar-refractivity contribution in [3.63, 3.8) is 0 Å². The van der Waals surface area contributed by atoms with Crippen LogP contribution >= 0.6 is 11.8 Å². The van der Waals surface area contributed by atoms with Crippen LogP contribution in [0.15, 0.2) is 24.3 Å². The summed E-state index contributed by atoms with van der Waals surface area (Å²) in [6.07, 6.45) is 11.4. The summed E-state index contributed by atoms with van der Waals surface area (Å²) in [5.74, 6) is -1.03. The molecule has 0 bridgehead atoms. The molecule has 210 valence electrons. The molecule has 3 saturated heterocycles. The first-order chi connectivity index (χ1) is 18.5. The molecule has 0 radical (unpaired) electrons. The number of likely N-dealkylation sites (tertiary alicyclic amines) is 1. The Labute approximate surface area is 230 Å². The van der Waals surface area contributed by atoms with Crippen LogP contribution in [0.5, 0.6) is 0 Å². The van der Waals surface area contributed by atoms with Gasteiger partial charge in [-0.25, -0.2) is 0 Å². The van der Waals surface area contributed by atoms with E-state index in [0.29, 0.717) is 52.4 Å². The van der Waals surface area contributed by atoms with E-state index in [4.69, 9.17) is 4.74 Å². The van der Waals surface area contributed by atoms with E-state index in [1.807, 2.05) is 9.80 Å². The summed E-state index contributed by atoms with van der Waals surface area (Å²) < 4.78 is 4.72. The van der Waals surface area contributed by atoms with Crippen molar-refractivity contribution < 1.29 is 24.2 Å². The molecule has 3 amide bonds. The number of carbonyl (C=O) groups is 3.